The van der Waals surface area contributed by atoms with E-state index in [2.05, 4.69) is 123 Å². The van der Waals surface area contributed by atoms with Crippen molar-refractivity contribution in [1.82, 2.24) is 0 Å². The SMILES string of the molecule is Cc1ccc(N(c2ccccc2)c2ccc3c(c2)C(C)(C)c2ccccc2-3)cc1. The molecular weight excluding hydrogens is 350 g/mol. The quantitative estimate of drug-likeness (QED) is 0.353. The Kier molecular flexibility index (Phi) is 4.06. The van der Waals surface area contributed by atoms with Crippen LogP contribution in [0, 0.1) is 6.92 Å². The molecule has 0 saturated carbocycles. The van der Waals surface area contributed by atoms with Gasteiger partial charge >= 0.3 is 0 Å². The molecule has 4 aromatic carbocycles. The van der Waals surface area contributed by atoms with E-state index in [4.69, 9.17) is 0 Å². The van der Waals surface area contributed by atoms with Crippen molar-refractivity contribution in [1.29, 1.82) is 0 Å². The van der Waals surface area contributed by atoms with Crippen molar-refractivity contribution < 1.29 is 0 Å². The number of hydrogen-bond donors (Lipinski definition) is 0. The lowest BCUT2D eigenvalue weighted by Crippen LogP contribution is -2.16. The summed E-state index contributed by atoms with van der Waals surface area (Å²) in [4.78, 5) is 2.35. The van der Waals surface area contributed by atoms with Crippen LogP contribution in [0.5, 0.6) is 0 Å². The van der Waals surface area contributed by atoms with Crippen molar-refractivity contribution in [3.63, 3.8) is 0 Å². The molecule has 1 nitrogen and oxygen atoms in total. The molecule has 0 N–H and O–H groups in total. The number of benzene rings is 4. The van der Waals surface area contributed by atoms with Gasteiger partial charge < -0.3 is 4.90 Å². The van der Waals surface area contributed by atoms with Crippen molar-refractivity contribution in [2.45, 2.75) is 26.2 Å². The second-order valence-corrected chi connectivity index (χ2v) is 8.41. The normalized spacial score (nSPS) is 13.6. The van der Waals surface area contributed by atoms with E-state index in [0.717, 1.165) is 0 Å². The molecule has 0 unspecified atom stereocenters. The molecular formula is C28H25N. The standard InChI is InChI=1S/C28H25N/c1-20-13-15-22(16-14-20)29(21-9-5-4-6-10-21)23-17-18-25-24-11-7-8-12-26(24)28(2,3)27(25)19-23/h4-19H,1-3H3. The Morgan fingerprint density at radius 1 is 0.552 bits per heavy atom. The lowest BCUT2D eigenvalue weighted by atomic mass is 9.82. The minimum Gasteiger partial charge on any atom is -0.310 e. The van der Waals surface area contributed by atoms with Gasteiger partial charge in [-0.2, -0.15) is 0 Å². The molecule has 1 aliphatic rings. The van der Waals surface area contributed by atoms with Crippen LogP contribution in [0.3, 0.4) is 0 Å². The summed E-state index contributed by atoms with van der Waals surface area (Å²) in [5.74, 6) is 0. The summed E-state index contributed by atoms with van der Waals surface area (Å²) in [5.41, 5.74) is 10.3. The minimum absolute atomic E-state index is 0.00241. The highest BCUT2D eigenvalue weighted by atomic mass is 15.1. The van der Waals surface area contributed by atoms with E-state index < -0.39 is 0 Å². The molecule has 0 saturated heterocycles. The van der Waals surface area contributed by atoms with Gasteiger partial charge in [0.2, 0.25) is 0 Å². The van der Waals surface area contributed by atoms with Gasteiger partial charge in [-0.25, -0.2) is 0 Å². The Bertz CT molecular complexity index is 1170. The van der Waals surface area contributed by atoms with Crippen LogP contribution < -0.4 is 4.90 Å². The summed E-state index contributed by atoms with van der Waals surface area (Å²) in [7, 11) is 0. The van der Waals surface area contributed by atoms with Gasteiger partial charge in [-0.3, -0.25) is 0 Å². The number of para-hydroxylation sites is 1. The first-order valence-corrected chi connectivity index (χ1v) is 10.2. The lowest BCUT2D eigenvalue weighted by Gasteiger charge is -2.28. The smallest absolute Gasteiger partial charge is 0.0465 e. The second-order valence-electron chi connectivity index (χ2n) is 8.41. The third-order valence-corrected chi connectivity index (χ3v) is 6.13. The molecule has 5 rings (SSSR count). The van der Waals surface area contributed by atoms with Crippen LogP contribution in [0.2, 0.25) is 0 Å². The highest BCUT2D eigenvalue weighted by molar-refractivity contribution is 5.85. The molecule has 4 aromatic rings. The Labute approximate surface area is 173 Å². The zero-order valence-electron chi connectivity index (χ0n) is 17.2. The zero-order valence-corrected chi connectivity index (χ0v) is 17.2. The van der Waals surface area contributed by atoms with Gasteiger partial charge in [0.15, 0.2) is 0 Å². The predicted molar refractivity (Wildman–Crippen MR) is 123 cm³/mol. The van der Waals surface area contributed by atoms with Crippen molar-refractivity contribution in [2.75, 3.05) is 4.90 Å². The topological polar surface area (TPSA) is 3.24 Å². The van der Waals surface area contributed by atoms with Gasteiger partial charge in [0.1, 0.15) is 0 Å². The third kappa shape index (κ3) is 2.86. The van der Waals surface area contributed by atoms with Crippen LogP contribution in [0.25, 0.3) is 11.1 Å². The van der Waals surface area contributed by atoms with E-state index in [-0.39, 0.29) is 5.41 Å². The van der Waals surface area contributed by atoms with Gasteiger partial charge in [0.25, 0.3) is 0 Å². The van der Waals surface area contributed by atoms with Crippen molar-refractivity contribution in [3.05, 3.63) is 114 Å². The van der Waals surface area contributed by atoms with E-state index >= 15 is 0 Å². The number of aryl methyl sites for hydroxylation is 1. The summed E-state index contributed by atoms with van der Waals surface area (Å²) >= 11 is 0. The summed E-state index contributed by atoms with van der Waals surface area (Å²) in [5, 5.41) is 0. The van der Waals surface area contributed by atoms with E-state index in [0.29, 0.717) is 0 Å². The highest BCUT2D eigenvalue weighted by Crippen LogP contribution is 2.50. The van der Waals surface area contributed by atoms with Crippen molar-refractivity contribution >= 4 is 17.1 Å². The van der Waals surface area contributed by atoms with Crippen LogP contribution >= 0.6 is 0 Å². The molecule has 0 heterocycles. The van der Waals surface area contributed by atoms with Crippen molar-refractivity contribution in [2.24, 2.45) is 0 Å². The predicted octanol–water partition coefficient (Wildman–Crippen LogP) is 7.77. The fourth-order valence-electron chi connectivity index (χ4n) is 4.55. The lowest BCUT2D eigenvalue weighted by molar-refractivity contribution is 0.660. The number of anilines is 3. The van der Waals surface area contributed by atoms with Crippen LogP contribution in [0.15, 0.2) is 97.1 Å². The van der Waals surface area contributed by atoms with E-state index in [1.807, 2.05) is 0 Å². The molecule has 1 aliphatic carbocycles. The minimum atomic E-state index is -0.00241. The maximum Gasteiger partial charge on any atom is 0.0465 e. The van der Waals surface area contributed by atoms with Gasteiger partial charge in [-0.1, -0.05) is 80.1 Å². The average Bonchev–Trinajstić information content (AvgIpc) is 2.98. The second kappa shape index (κ2) is 6.63. The molecule has 0 amide bonds. The summed E-state index contributed by atoms with van der Waals surface area (Å²) < 4.78 is 0. The Hall–Kier alpha value is -3.32. The molecule has 0 spiro atoms. The van der Waals surface area contributed by atoms with Crippen LogP contribution in [-0.4, -0.2) is 0 Å². The maximum atomic E-state index is 2.38. The first-order valence-electron chi connectivity index (χ1n) is 10.2. The fourth-order valence-corrected chi connectivity index (χ4v) is 4.55. The van der Waals surface area contributed by atoms with E-state index in [1.165, 1.54) is 44.9 Å². The number of fused-ring (bicyclic) bond motifs is 3. The Morgan fingerprint density at radius 2 is 1.14 bits per heavy atom. The number of hydrogen-bond acceptors (Lipinski definition) is 1. The fraction of sp³-hybridized carbons (Fsp3) is 0.143. The molecule has 0 atom stereocenters. The molecule has 0 radical (unpaired) electrons. The van der Waals surface area contributed by atoms with Gasteiger partial charge in [0, 0.05) is 22.5 Å². The number of rotatable bonds is 3. The molecule has 0 aromatic heterocycles. The molecule has 29 heavy (non-hydrogen) atoms. The summed E-state index contributed by atoms with van der Waals surface area (Å²) in [6, 6.07) is 35.1. The van der Waals surface area contributed by atoms with Crippen molar-refractivity contribution in [3.8, 4) is 11.1 Å². The molecule has 0 aliphatic heterocycles. The van der Waals surface area contributed by atoms with Gasteiger partial charge in [-0.05, 0) is 65.6 Å². The Balaban J connectivity index is 1.69. The molecule has 1 heteroatoms. The molecule has 0 fully saturated rings. The average molecular weight is 376 g/mol. The molecule has 142 valence electrons. The zero-order chi connectivity index (χ0) is 20.0. The highest BCUT2D eigenvalue weighted by Gasteiger charge is 2.35. The monoisotopic (exact) mass is 375 g/mol. The van der Waals surface area contributed by atoms with E-state index in [9.17, 15) is 0 Å². The maximum absolute atomic E-state index is 2.38. The molecule has 0 bridgehead atoms. The first kappa shape index (κ1) is 17.8. The van der Waals surface area contributed by atoms with Crippen LogP contribution in [0.4, 0.5) is 17.1 Å². The third-order valence-electron chi connectivity index (χ3n) is 6.13. The largest absolute Gasteiger partial charge is 0.310 e. The Morgan fingerprint density at radius 3 is 1.90 bits per heavy atom. The van der Waals surface area contributed by atoms with Crippen LogP contribution in [0.1, 0.15) is 30.5 Å². The number of nitrogens with zero attached hydrogens (tertiary/aromatic N) is 1. The van der Waals surface area contributed by atoms with Gasteiger partial charge in [0.05, 0.1) is 0 Å². The summed E-state index contributed by atoms with van der Waals surface area (Å²) in [6.07, 6.45) is 0. The summed E-state index contributed by atoms with van der Waals surface area (Å²) in [6.45, 7) is 6.80. The first-order chi connectivity index (χ1) is 14.1. The van der Waals surface area contributed by atoms with Crippen LogP contribution in [-0.2, 0) is 5.41 Å². The van der Waals surface area contributed by atoms with E-state index in [1.54, 1.807) is 0 Å². The van der Waals surface area contributed by atoms with Gasteiger partial charge in [-0.15, -0.1) is 0 Å².